The third-order valence-corrected chi connectivity index (χ3v) is 3.24. The molecule has 0 aliphatic heterocycles. The summed E-state index contributed by atoms with van der Waals surface area (Å²) in [5.74, 6) is -0.395. The molecule has 1 rings (SSSR count). The highest BCUT2D eigenvalue weighted by atomic mass is 16.4. The summed E-state index contributed by atoms with van der Waals surface area (Å²) in [5, 5.41) is 8.73. The van der Waals surface area contributed by atoms with Gasteiger partial charge in [0.05, 0.1) is 6.42 Å². The van der Waals surface area contributed by atoms with Gasteiger partial charge in [0.1, 0.15) is 5.78 Å². The second-order valence-electron chi connectivity index (χ2n) is 4.33. The van der Waals surface area contributed by atoms with Crippen LogP contribution in [0.5, 0.6) is 0 Å². The third-order valence-electron chi connectivity index (χ3n) is 3.24. The lowest BCUT2D eigenvalue weighted by molar-refractivity contribution is -0.139. The number of carbonyl (C=O) groups is 2. The summed E-state index contributed by atoms with van der Waals surface area (Å²) in [6.07, 6.45) is 0.890. The van der Waals surface area contributed by atoms with Crippen molar-refractivity contribution in [2.45, 2.75) is 33.6 Å². The smallest absolute Gasteiger partial charge is 0.303 e. The SMILES string of the molecule is CC(=O)C1CC1(CC(=O)O)C(C)C. The van der Waals surface area contributed by atoms with Crippen LogP contribution in [0.2, 0.25) is 0 Å². The highest BCUT2D eigenvalue weighted by Gasteiger charge is 2.59. The second kappa shape index (κ2) is 3.13. The zero-order chi connectivity index (χ0) is 10.2. The monoisotopic (exact) mass is 184 g/mol. The van der Waals surface area contributed by atoms with E-state index in [0.29, 0.717) is 0 Å². The summed E-state index contributed by atoms with van der Waals surface area (Å²) < 4.78 is 0. The van der Waals surface area contributed by atoms with Gasteiger partial charge in [-0.1, -0.05) is 13.8 Å². The predicted octanol–water partition coefficient (Wildman–Crippen LogP) is 1.71. The predicted molar refractivity (Wildman–Crippen MR) is 48.3 cm³/mol. The lowest BCUT2D eigenvalue weighted by Gasteiger charge is -2.18. The molecule has 3 nitrogen and oxygen atoms in total. The fraction of sp³-hybridized carbons (Fsp3) is 0.800. The number of carboxylic acids is 1. The Morgan fingerprint density at radius 1 is 1.54 bits per heavy atom. The fourth-order valence-electron chi connectivity index (χ4n) is 2.19. The fourth-order valence-corrected chi connectivity index (χ4v) is 2.19. The molecule has 1 aliphatic carbocycles. The Balaban J connectivity index is 2.71. The summed E-state index contributed by atoms with van der Waals surface area (Å²) in [6.45, 7) is 5.54. The average Bonchev–Trinajstić information content (AvgIpc) is 2.62. The lowest BCUT2D eigenvalue weighted by Crippen LogP contribution is -2.19. The van der Waals surface area contributed by atoms with Gasteiger partial charge in [-0.25, -0.2) is 0 Å². The average molecular weight is 184 g/mol. The molecule has 74 valence electrons. The minimum Gasteiger partial charge on any atom is -0.481 e. The van der Waals surface area contributed by atoms with Gasteiger partial charge < -0.3 is 5.11 Å². The van der Waals surface area contributed by atoms with Crippen molar-refractivity contribution in [1.82, 2.24) is 0 Å². The first kappa shape index (κ1) is 10.2. The summed E-state index contributed by atoms with van der Waals surface area (Å²) in [4.78, 5) is 21.7. The highest BCUT2D eigenvalue weighted by molar-refractivity contribution is 5.84. The number of Topliss-reactive ketones (excluding diaryl/α,β-unsaturated/α-hetero) is 1. The Labute approximate surface area is 78.1 Å². The van der Waals surface area contributed by atoms with Gasteiger partial charge in [0.2, 0.25) is 0 Å². The maximum Gasteiger partial charge on any atom is 0.303 e. The molecule has 2 atom stereocenters. The van der Waals surface area contributed by atoms with Crippen LogP contribution in [0.4, 0.5) is 0 Å². The van der Waals surface area contributed by atoms with E-state index in [1.165, 1.54) is 0 Å². The number of hydrogen-bond acceptors (Lipinski definition) is 2. The quantitative estimate of drug-likeness (QED) is 0.723. The first-order valence-electron chi connectivity index (χ1n) is 4.62. The molecule has 0 aromatic rings. The molecule has 0 aromatic heterocycles. The van der Waals surface area contributed by atoms with Crippen molar-refractivity contribution in [3.05, 3.63) is 0 Å². The molecule has 0 heterocycles. The Hall–Kier alpha value is -0.860. The van der Waals surface area contributed by atoms with Crippen molar-refractivity contribution >= 4 is 11.8 Å². The van der Waals surface area contributed by atoms with Crippen LogP contribution in [0.3, 0.4) is 0 Å². The molecule has 2 unspecified atom stereocenters. The van der Waals surface area contributed by atoms with Crippen LogP contribution in [0.15, 0.2) is 0 Å². The molecule has 0 radical (unpaired) electrons. The van der Waals surface area contributed by atoms with E-state index in [-0.39, 0.29) is 29.5 Å². The Morgan fingerprint density at radius 3 is 2.31 bits per heavy atom. The summed E-state index contributed by atoms with van der Waals surface area (Å²) in [6, 6.07) is 0. The van der Waals surface area contributed by atoms with Gasteiger partial charge in [-0.05, 0) is 24.7 Å². The van der Waals surface area contributed by atoms with Crippen molar-refractivity contribution in [3.63, 3.8) is 0 Å². The topological polar surface area (TPSA) is 54.4 Å². The number of ketones is 1. The molecular weight excluding hydrogens is 168 g/mol. The summed E-state index contributed by atoms with van der Waals surface area (Å²) >= 11 is 0. The highest BCUT2D eigenvalue weighted by Crippen LogP contribution is 2.60. The van der Waals surface area contributed by atoms with Gasteiger partial charge in [-0.2, -0.15) is 0 Å². The molecule has 0 spiro atoms. The first-order valence-corrected chi connectivity index (χ1v) is 4.62. The van der Waals surface area contributed by atoms with Crippen molar-refractivity contribution < 1.29 is 14.7 Å². The molecule has 1 saturated carbocycles. The van der Waals surface area contributed by atoms with Crippen LogP contribution >= 0.6 is 0 Å². The normalized spacial score (nSPS) is 31.8. The van der Waals surface area contributed by atoms with Crippen LogP contribution in [0.25, 0.3) is 0 Å². The number of rotatable bonds is 4. The van der Waals surface area contributed by atoms with Crippen molar-refractivity contribution in [1.29, 1.82) is 0 Å². The lowest BCUT2D eigenvalue weighted by atomic mass is 9.86. The van der Waals surface area contributed by atoms with Gasteiger partial charge in [-0.3, -0.25) is 9.59 Å². The van der Waals surface area contributed by atoms with Crippen LogP contribution in [-0.4, -0.2) is 16.9 Å². The standard InChI is InChI=1S/C10H16O3/c1-6(2)10(5-9(12)13)4-8(10)7(3)11/h6,8H,4-5H2,1-3H3,(H,12,13). The van der Waals surface area contributed by atoms with E-state index in [4.69, 9.17) is 5.11 Å². The Morgan fingerprint density at radius 2 is 2.08 bits per heavy atom. The van der Waals surface area contributed by atoms with Crippen LogP contribution in [0, 0.1) is 17.3 Å². The Bertz CT molecular complexity index is 245. The molecule has 13 heavy (non-hydrogen) atoms. The van der Waals surface area contributed by atoms with Gasteiger partial charge >= 0.3 is 5.97 Å². The van der Waals surface area contributed by atoms with Gasteiger partial charge in [0, 0.05) is 5.92 Å². The van der Waals surface area contributed by atoms with Crippen LogP contribution in [-0.2, 0) is 9.59 Å². The van der Waals surface area contributed by atoms with E-state index in [2.05, 4.69) is 0 Å². The zero-order valence-electron chi connectivity index (χ0n) is 8.33. The molecule has 1 N–H and O–H groups in total. The molecule has 1 aliphatic rings. The second-order valence-corrected chi connectivity index (χ2v) is 4.33. The van der Waals surface area contributed by atoms with Gasteiger partial charge in [0.15, 0.2) is 0 Å². The molecule has 0 amide bonds. The number of carboxylic acid groups (broad SMARTS) is 1. The molecular formula is C10H16O3. The number of carbonyl (C=O) groups excluding carboxylic acids is 1. The minimum absolute atomic E-state index is 0.0106. The molecule has 1 fully saturated rings. The van der Waals surface area contributed by atoms with Crippen LogP contribution in [0.1, 0.15) is 33.6 Å². The third kappa shape index (κ3) is 1.74. The first-order chi connectivity index (χ1) is 5.90. The van der Waals surface area contributed by atoms with E-state index in [9.17, 15) is 9.59 Å². The minimum atomic E-state index is -0.794. The van der Waals surface area contributed by atoms with E-state index in [0.717, 1.165) is 6.42 Å². The van der Waals surface area contributed by atoms with E-state index < -0.39 is 5.97 Å². The maximum atomic E-state index is 11.1. The van der Waals surface area contributed by atoms with Gasteiger partial charge in [-0.15, -0.1) is 0 Å². The van der Waals surface area contributed by atoms with E-state index >= 15 is 0 Å². The summed E-state index contributed by atoms with van der Waals surface area (Å²) in [5.41, 5.74) is -0.238. The molecule has 0 saturated heterocycles. The largest absolute Gasteiger partial charge is 0.481 e. The van der Waals surface area contributed by atoms with E-state index in [1.807, 2.05) is 13.8 Å². The van der Waals surface area contributed by atoms with Crippen molar-refractivity contribution in [2.24, 2.45) is 17.3 Å². The zero-order valence-corrected chi connectivity index (χ0v) is 8.33. The maximum absolute atomic E-state index is 11.1. The van der Waals surface area contributed by atoms with Crippen molar-refractivity contribution in [2.75, 3.05) is 0 Å². The molecule has 0 bridgehead atoms. The number of aliphatic carboxylic acids is 1. The summed E-state index contributed by atoms with van der Waals surface area (Å²) in [7, 11) is 0. The van der Waals surface area contributed by atoms with Gasteiger partial charge in [0.25, 0.3) is 0 Å². The van der Waals surface area contributed by atoms with E-state index in [1.54, 1.807) is 6.92 Å². The van der Waals surface area contributed by atoms with Crippen LogP contribution < -0.4 is 0 Å². The molecule has 3 heteroatoms. The van der Waals surface area contributed by atoms with Crippen molar-refractivity contribution in [3.8, 4) is 0 Å². The number of hydrogen-bond donors (Lipinski definition) is 1. The molecule has 0 aromatic carbocycles. The Kier molecular flexibility index (Phi) is 2.46.